The molecule has 2 heterocycles. The van der Waals surface area contributed by atoms with Gasteiger partial charge in [0.1, 0.15) is 5.78 Å². The number of ketones is 1. The summed E-state index contributed by atoms with van der Waals surface area (Å²) in [6, 6.07) is 0.804. The molecule has 0 aromatic heterocycles. The zero-order valence-electron chi connectivity index (χ0n) is 24.6. The van der Waals surface area contributed by atoms with E-state index < -0.39 is 0 Å². The first-order chi connectivity index (χ1) is 15.9. The third-order valence-electron chi connectivity index (χ3n) is 7.78. The van der Waals surface area contributed by atoms with Crippen LogP contribution >= 0.6 is 0 Å². The van der Waals surface area contributed by atoms with Crippen LogP contribution in [0.2, 0.25) is 0 Å². The van der Waals surface area contributed by atoms with Gasteiger partial charge in [-0.1, -0.05) is 12.8 Å². The lowest BCUT2D eigenvalue weighted by atomic mass is 9.79. The second kappa shape index (κ2) is 11.6. The van der Waals surface area contributed by atoms with E-state index in [0.717, 1.165) is 38.8 Å². The Balaban J connectivity index is 1.84. The van der Waals surface area contributed by atoms with Gasteiger partial charge in [0.05, 0.1) is 6.42 Å². The number of hydrogen-bond donors (Lipinski definition) is 2. The molecule has 204 valence electrons. The topological polar surface area (TPSA) is 64.7 Å². The van der Waals surface area contributed by atoms with E-state index in [9.17, 15) is 9.59 Å². The molecule has 2 saturated heterocycles. The summed E-state index contributed by atoms with van der Waals surface area (Å²) in [4.78, 5) is 29.4. The first-order valence-corrected chi connectivity index (χ1v) is 14.0. The van der Waals surface area contributed by atoms with Gasteiger partial charge < -0.3 is 20.4 Å². The monoisotopic (exact) mass is 492 g/mol. The summed E-state index contributed by atoms with van der Waals surface area (Å²) >= 11 is 0. The van der Waals surface area contributed by atoms with Crippen LogP contribution in [0.25, 0.3) is 0 Å². The summed E-state index contributed by atoms with van der Waals surface area (Å²) < 4.78 is 0. The number of amides is 1. The van der Waals surface area contributed by atoms with E-state index in [2.05, 4.69) is 78.0 Å². The van der Waals surface area contributed by atoms with Crippen LogP contribution < -0.4 is 10.6 Å². The van der Waals surface area contributed by atoms with Crippen molar-refractivity contribution < 1.29 is 9.59 Å². The van der Waals surface area contributed by atoms with Crippen molar-refractivity contribution in [3.63, 3.8) is 0 Å². The van der Waals surface area contributed by atoms with E-state index in [1.807, 2.05) is 4.90 Å². The summed E-state index contributed by atoms with van der Waals surface area (Å²) in [5.41, 5.74) is 0.301. The van der Waals surface area contributed by atoms with Crippen LogP contribution in [-0.2, 0) is 9.59 Å². The van der Waals surface area contributed by atoms with Crippen LogP contribution in [0, 0.1) is 0 Å². The van der Waals surface area contributed by atoms with Crippen LogP contribution in [0.1, 0.15) is 120 Å². The zero-order valence-corrected chi connectivity index (χ0v) is 24.6. The number of nitrogens with zero attached hydrogens (tertiary/aromatic N) is 2. The van der Waals surface area contributed by atoms with Crippen molar-refractivity contribution in [1.29, 1.82) is 0 Å². The summed E-state index contributed by atoms with van der Waals surface area (Å²) in [7, 11) is 2.28. The molecule has 0 bridgehead atoms. The molecule has 0 unspecified atom stereocenters. The fourth-order valence-electron chi connectivity index (χ4n) is 7.07. The van der Waals surface area contributed by atoms with Gasteiger partial charge in [-0.25, -0.2) is 0 Å². The fourth-order valence-corrected chi connectivity index (χ4v) is 7.07. The Labute approximate surface area is 216 Å². The van der Waals surface area contributed by atoms with Gasteiger partial charge in [0.25, 0.3) is 0 Å². The Morgan fingerprint density at radius 3 is 1.51 bits per heavy atom. The quantitative estimate of drug-likeness (QED) is 0.317. The predicted molar refractivity (Wildman–Crippen MR) is 147 cm³/mol. The van der Waals surface area contributed by atoms with Gasteiger partial charge in [0.2, 0.25) is 5.91 Å². The third-order valence-corrected chi connectivity index (χ3v) is 7.78. The second-order valence-electron chi connectivity index (χ2n) is 14.3. The van der Waals surface area contributed by atoms with E-state index in [1.165, 1.54) is 32.6 Å². The lowest BCUT2D eigenvalue weighted by Gasteiger charge is -2.49. The number of Topliss-reactive ketones (excluding diaryl/α,β-unsaturated/α-hetero) is 1. The summed E-state index contributed by atoms with van der Waals surface area (Å²) in [5, 5.41) is 7.50. The highest BCUT2D eigenvalue weighted by Crippen LogP contribution is 2.33. The molecule has 0 aromatic carbocycles. The maximum atomic E-state index is 13.0. The Morgan fingerprint density at radius 1 is 0.686 bits per heavy atom. The van der Waals surface area contributed by atoms with Crippen LogP contribution in [0.4, 0.5) is 0 Å². The van der Waals surface area contributed by atoms with E-state index >= 15 is 0 Å². The number of nitrogens with one attached hydrogen (secondary N) is 2. The van der Waals surface area contributed by atoms with Crippen LogP contribution in [0.15, 0.2) is 0 Å². The number of rotatable bonds is 11. The molecule has 1 amide bonds. The molecule has 2 N–H and O–H groups in total. The van der Waals surface area contributed by atoms with E-state index in [4.69, 9.17) is 0 Å². The van der Waals surface area contributed by atoms with Crippen molar-refractivity contribution in [1.82, 2.24) is 20.4 Å². The molecule has 2 aliphatic rings. The van der Waals surface area contributed by atoms with Crippen molar-refractivity contribution in [2.75, 3.05) is 20.1 Å². The predicted octanol–water partition coefficient (Wildman–Crippen LogP) is 4.90. The molecule has 0 spiro atoms. The summed E-state index contributed by atoms with van der Waals surface area (Å²) in [5.74, 6) is -0.0355. The molecule has 0 saturated carbocycles. The van der Waals surface area contributed by atoms with Gasteiger partial charge in [-0.2, -0.15) is 0 Å². The van der Waals surface area contributed by atoms with Gasteiger partial charge in [-0.15, -0.1) is 0 Å². The molecule has 0 aromatic rings. The first kappa shape index (κ1) is 30.2. The Bertz CT molecular complexity index is 696. The van der Waals surface area contributed by atoms with Crippen molar-refractivity contribution in [2.24, 2.45) is 0 Å². The van der Waals surface area contributed by atoms with Crippen LogP contribution in [0.3, 0.4) is 0 Å². The lowest BCUT2D eigenvalue weighted by Crippen LogP contribution is -2.63. The fraction of sp³-hybridized carbons (Fsp3) is 0.931. The Morgan fingerprint density at radius 2 is 1.09 bits per heavy atom. The zero-order chi connectivity index (χ0) is 26.7. The number of hydrogen-bond acceptors (Lipinski definition) is 5. The molecule has 0 atom stereocenters. The normalized spacial score (nSPS) is 23.9. The smallest absolute Gasteiger partial charge is 0.230 e. The molecule has 2 rings (SSSR count). The molecule has 2 fully saturated rings. The minimum atomic E-state index is -0.0419. The number of carbonyl (C=O) groups is 2. The van der Waals surface area contributed by atoms with Gasteiger partial charge in [-0.05, 0) is 114 Å². The van der Waals surface area contributed by atoms with Gasteiger partial charge >= 0.3 is 0 Å². The van der Waals surface area contributed by atoms with Gasteiger partial charge in [-0.3, -0.25) is 9.59 Å². The molecular formula is C29H56N4O2. The standard InChI is InChI=1S/C29H56N4O2/c1-22(34)17-25(35)33(24-20-28(6,7)31-29(8,9)21-24)16-14-12-11-13-15-32(10)23-18-26(2,3)30-27(4,5)19-23/h23-24,30-31H,11-21H2,1-10H3. The SMILES string of the molecule is CC(=O)CC(=O)N(CCCCCCN(C)C1CC(C)(C)NC(C)(C)C1)C1CC(C)(C)NC(C)(C)C1. The van der Waals surface area contributed by atoms with Crippen molar-refractivity contribution in [3.05, 3.63) is 0 Å². The molecule has 0 radical (unpaired) electrons. The van der Waals surface area contributed by atoms with E-state index in [1.54, 1.807) is 0 Å². The van der Waals surface area contributed by atoms with Crippen molar-refractivity contribution in [2.45, 2.75) is 154 Å². The van der Waals surface area contributed by atoms with Crippen LogP contribution in [-0.4, -0.2) is 75.9 Å². The highest BCUT2D eigenvalue weighted by molar-refractivity contribution is 5.96. The molecule has 0 aliphatic carbocycles. The molecule has 35 heavy (non-hydrogen) atoms. The minimum Gasteiger partial charge on any atom is -0.339 e. The Hall–Kier alpha value is -0.980. The summed E-state index contributed by atoms with van der Waals surface area (Å²) in [6.07, 6.45) is 8.74. The number of carbonyl (C=O) groups excluding carboxylic acids is 2. The average molecular weight is 493 g/mol. The van der Waals surface area contributed by atoms with E-state index in [-0.39, 0.29) is 46.3 Å². The number of piperidine rings is 2. The highest BCUT2D eigenvalue weighted by atomic mass is 16.2. The maximum Gasteiger partial charge on any atom is 0.230 e. The largest absolute Gasteiger partial charge is 0.339 e. The molecule has 6 heteroatoms. The highest BCUT2D eigenvalue weighted by Gasteiger charge is 2.41. The van der Waals surface area contributed by atoms with Gasteiger partial charge in [0, 0.05) is 40.8 Å². The average Bonchev–Trinajstić information content (AvgIpc) is 2.61. The molecule has 6 nitrogen and oxygen atoms in total. The third kappa shape index (κ3) is 10.1. The first-order valence-electron chi connectivity index (χ1n) is 14.0. The molecular weight excluding hydrogens is 436 g/mol. The second-order valence-corrected chi connectivity index (χ2v) is 14.3. The minimum absolute atomic E-state index is 0.00636. The van der Waals surface area contributed by atoms with E-state index in [0.29, 0.717) is 6.04 Å². The van der Waals surface area contributed by atoms with Crippen molar-refractivity contribution >= 4 is 11.7 Å². The number of unbranched alkanes of at least 4 members (excludes halogenated alkanes) is 3. The molecule has 2 aliphatic heterocycles. The van der Waals surface area contributed by atoms with Gasteiger partial charge in [0.15, 0.2) is 0 Å². The lowest BCUT2D eigenvalue weighted by molar-refractivity contribution is -0.138. The summed E-state index contributed by atoms with van der Waals surface area (Å²) in [6.45, 7) is 21.5. The van der Waals surface area contributed by atoms with Crippen molar-refractivity contribution in [3.8, 4) is 0 Å². The maximum absolute atomic E-state index is 13.0. The Kier molecular flexibility index (Phi) is 10.0. The van der Waals surface area contributed by atoms with Crippen LogP contribution in [0.5, 0.6) is 0 Å².